The summed E-state index contributed by atoms with van der Waals surface area (Å²) in [6, 6.07) is 27.6. The zero-order valence-electron chi connectivity index (χ0n) is 17.2. The van der Waals surface area contributed by atoms with E-state index < -0.39 is 18.1 Å². The monoisotopic (exact) mass is 402 g/mol. The molecule has 0 fully saturated rings. The van der Waals surface area contributed by atoms with Crippen LogP contribution in [0.2, 0.25) is 0 Å². The van der Waals surface area contributed by atoms with Crippen molar-refractivity contribution >= 4 is 23.3 Å². The second kappa shape index (κ2) is 10.3. The Hall–Kier alpha value is -3.60. The first kappa shape index (κ1) is 21.1. The second-order valence-electron chi connectivity index (χ2n) is 7.04. The van der Waals surface area contributed by atoms with Gasteiger partial charge in [-0.1, -0.05) is 66.7 Å². The van der Waals surface area contributed by atoms with Crippen LogP contribution in [0.4, 0.5) is 11.4 Å². The van der Waals surface area contributed by atoms with E-state index in [-0.39, 0.29) is 12.5 Å². The third-order valence-corrected chi connectivity index (χ3v) is 4.77. The Kier molecular flexibility index (Phi) is 7.22. The van der Waals surface area contributed by atoms with Crippen LogP contribution in [0.5, 0.6) is 0 Å². The zero-order valence-corrected chi connectivity index (χ0v) is 17.2. The fourth-order valence-corrected chi connectivity index (χ4v) is 3.14. The highest BCUT2D eigenvalue weighted by Gasteiger charge is 2.26. The van der Waals surface area contributed by atoms with E-state index in [4.69, 9.17) is 4.74 Å². The first-order valence-electron chi connectivity index (χ1n) is 9.96. The van der Waals surface area contributed by atoms with E-state index in [1.54, 1.807) is 6.92 Å². The molecule has 0 bridgehead atoms. The van der Waals surface area contributed by atoms with Gasteiger partial charge in [0.15, 0.2) is 0 Å². The highest BCUT2D eigenvalue weighted by Crippen LogP contribution is 2.27. The molecule has 30 heavy (non-hydrogen) atoms. The van der Waals surface area contributed by atoms with Crippen molar-refractivity contribution in [3.8, 4) is 0 Å². The minimum absolute atomic E-state index is 0.176. The quantitative estimate of drug-likeness (QED) is 0.565. The minimum Gasteiger partial charge on any atom is -0.459 e. The maximum atomic E-state index is 13.0. The van der Waals surface area contributed by atoms with Crippen LogP contribution in [0.25, 0.3) is 0 Å². The van der Waals surface area contributed by atoms with Gasteiger partial charge >= 0.3 is 5.97 Å². The molecule has 0 aromatic heterocycles. The maximum absolute atomic E-state index is 13.0. The number of rotatable bonds is 8. The Morgan fingerprint density at radius 3 is 1.77 bits per heavy atom. The SMILES string of the molecule is C[C@H](NC(=O)[C@@H](C)N(c1ccccc1)c1ccccc1)C(=O)OCc1ccccc1. The number of para-hydroxylation sites is 2. The van der Waals surface area contributed by atoms with Crippen molar-refractivity contribution in [2.75, 3.05) is 4.90 Å². The van der Waals surface area contributed by atoms with Crippen LogP contribution in [0.1, 0.15) is 19.4 Å². The molecule has 0 unspecified atom stereocenters. The van der Waals surface area contributed by atoms with Gasteiger partial charge < -0.3 is 15.0 Å². The van der Waals surface area contributed by atoms with Crippen LogP contribution in [0.3, 0.4) is 0 Å². The van der Waals surface area contributed by atoms with E-state index in [0.29, 0.717) is 0 Å². The lowest BCUT2D eigenvalue weighted by atomic mass is 10.1. The molecular weight excluding hydrogens is 376 g/mol. The predicted octanol–water partition coefficient (Wildman–Crippen LogP) is 4.46. The van der Waals surface area contributed by atoms with Crippen molar-refractivity contribution in [1.82, 2.24) is 5.32 Å². The molecule has 0 saturated carbocycles. The molecule has 0 aliphatic carbocycles. The van der Waals surface area contributed by atoms with Crippen LogP contribution in [-0.2, 0) is 20.9 Å². The van der Waals surface area contributed by atoms with Crippen molar-refractivity contribution in [2.24, 2.45) is 0 Å². The van der Waals surface area contributed by atoms with Crippen LogP contribution in [-0.4, -0.2) is 24.0 Å². The molecule has 5 heteroatoms. The molecule has 5 nitrogen and oxygen atoms in total. The molecule has 3 aromatic rings. The van der Waals surface area contributed by atoms with Crippen LogP contribution >= 0.6 is 0 Å². The fraction of sp³-hybridized carbons (Fsp3) is 0.200. The summed E-state index contributed by atoms with van der Waals surface area (Å²) < 4.78 is 5.33. The third-order valence-electron chi connectivity index (χ3n) is 4.77. The van der Waals surface area contributed by atoms with Crippen molar-refractivity contribution in [3.63, 3.8) is 0 Å². The lowest BCUT2D eigenvalue weighted by Gasteiger charge is -2.31. The lowest BCUT2D eigenvalue weighted by molar-refractivity contribution is -0.148. The van der Waals surface area contributed by atoms with E-state index in [2.05, 4.69) is 5.32 Å². The fourth-order valence-electron chi connectivity index (χ4n) is 3.14. The Balaban J connectivity index is 1.67. The number of esters is 1. The number of benzene rings is 3. The topological polar surface area (TPSA) is 58.6 Å². The largest absolute Gasteiger partial charge is 0.459 e. The van der Waals surface area contributed by atoms with E-state index in [9.17, 15) is 9.59 Å². The molecule has 3 rings (SSSR count). The van der Waals surface area contributed by atoms with Gasteiger partial charge in [-0.2, -0.15) is 0 Å². The molecule has 0 aliphatic heterocycles. The highest BCUT2D eigenvalue weighted by atomic mass is 16.5. The number of nitrogens with zero attached hydrogens (tertiary/aromatic N) is 1. The average Bonchev–Trinajstić information content (AvgIpc) is 2.79. The standard InChI is InChI=1S/C25H26N2O3/c1-19(25(29)30-18-21-12-6-3-7-13-21)26-24(28)20(2)27(22-14-8-4-9-15-22)23-16-10-5-11-17-23/h3-17,19-20H,18H2,1-2H3,(H,26,28)/t19-,20+/m0/s1. The van der Waals surface area contributed by atoms with E-state index in [0.717, 1.165) is 16.9 Å². The molecule has 0 saturated heterocycles. The normalized spacial score (nSPS) is 12.5. The van der Waals surface area contributed by atoms with Crippen LogP contribution in [0, 0.1) is 0 Å². The third kappa shape index (κ3) is 5.47. The first-order chi connectivity index (χ1) is 14.6. The lowest BCUT2D eigenvalue weighted by Crippen LogP contribution is -2.48. The van der Waals surface area contributed by atoms with Gasteiger partial charge in [0.25, 0.3) is 0 Å². The maximum Gasteiger partial charge on any atom is 0.328 e. The zero-order chi connectivity index (χ0) is 21.3. The predicted molar refractivity (Wildman–Crippen MR) is 118 cm³/mol. The number of carbonyl (C=O) groups is 2. The molecule has 2 atom stereocenters. The number of carbonyl (C=O) groups excluding carboxylic acids is 2. The van der Waals surface area contributed by atoms with E-state index in [1.807, 2.05) is 103 Å². The summed E-state index contributed by atoms with van der Waals surface area (Å²) in [7, 11) is 0. The number of anilines is 2. The van der Waals surface area contributed by atoms with Crippen LogP contribution < -0.4 is 10.2 Å². The van der Waals surface area contributed by atoms with E-state index >= 15 is 0 Å². The molecule has 0 aliphatic rings. The van der Waals surface area contributed by atoms with Gasteiger partial charge in [-0.15, -0.1) is 0 Å². The van der Waals surface area contributed by atoms with Gasteiger partial charge in [0.1, 0.15) is 18.7 Å². The highest BCUT2D eigenvalue weighted by molar-refractivity contribution is 5.91. The Bertz CT molecular complexity index is 906. The summed E-state index contributed by atoms with van der Waals surface area (Å²) >= 11 is 0. The molecule has 0 radical (unpaired) electrons. The van der Waals surface area contributed by atoms with Gasteiger partial charge in [0.2, 0.25) is 5.91 Å². The average molecular weight is 402 g/mol. The Labute approximate surface area is 177 Å². The molecule has 1 N–H and O–H groups in total. The number of nitrogens with one attached hydrogen (secondary N) is 1. The first-order valence-corrected chi connectivity index (χ1v) is 9.96. The molecular formula is C25H26N2O3. The summed E-state index contributed by atoms with van der Waals surface area (Å²) in [6.07, 6.45) is 0. The van der Waals surface area contributed by atoms with Crippen molar-refractivity contribution in [1.29, 1.82) is 0 Å². The van der Waals surface area contributed by atoms with Crippen molar-refractivity contribution in [3.05, 3.63) is 96.6 Å². The minimum atomic E-state index is -0.753. The van der Waals surface area contributed by atoms with Crippen LogP contribution in [0.15, 0.2) is 91.0 Å². The molecule has 154 valence electrons. The molecule has 1 amide bonds. The number of amides is 1. The Morgan fingerprint density at radius 2 is 1.27 bits per heavy atom. The summed E-state index contributed by atoms with van der Waals surface area (Å²) in [5.74, 6) is -0.725. The number of hydrogen-bond donors (Lipinski definition) is 1. The molecule has 3 aromatic carbocycles. The number of hydrogen-bond acceptors (Lipinski definition) is 4. The van der Waals surface area contributed by atoms with Gasteiger partial charge in [-0.05, 0) is 43.7 Å². The van der Waals surface area contributed by atoms with Gasteiger partial charge in [-0.3, -0.25) is 4.79 Å². The number of ether oxygens (including phenoxy) is 1. The molecule has 0 spiro atoms. The summed E-state index contributed by atoms with van der Waals surface area (Å²) in [5, 5.41) is 2.78. The summed E-state index contributed by atoms with van der Waals surface area (Å²) in [4.78, 5) is 27.2. The van der Waals surface area contributed by atoms with Gasteiger partial charge in [0.05, 0.1) is 0 Å². The summed E-state index contributed by atoms with van der Waals surface area (Å²) in [6.45, 7) is 3.63. The molecule has 0 heterocycles. The van der Waals surface area contributed by atoms with E-state index in [1.165, 1.54) is 0 Å². The Morgan fingerprint density at radius 1 is 0.800 bits per heavy atom. The van der Waals surface area contributed by atoms with Gasteiger partial charge in [-0.25, -0.2) is 4.79 Å². The van der Waals surface area contributed by atoms with Crippen molar-refractivity contribution < 1.29 is 14.3 Å². The second-order valence-corrected chi connectivity index (χ2v) is 7.04. The van der Waals surface area contributed by atoms with Gasteiger partial charge in [0, 0.05) is 11.4 Å². The smallest absolute Gasteiger partial charge is 0.328 e. The van der Waals surface area contributed by atoms with Crippen molar-refractivity contribution in [2.45, 2.75) is 32.5 Å². The summed E-state index contributed by atoms with van der Waals surface area (Å²) in [5.41, 5.74) is 2.69.